The molecule has 0 radical (unpaired) electrons. The number of nitrogens with zero attached hydrogens (tertiary/aromatic N) is 2. The van der Waals surface area contributed by atoms with Crippen LogP contribution in [0.25, 0.3) is 0 Å². The molecule has 0 aliphatic heterocycles. The molecule has 2 aromatic rings. The van der Waals surface area contributed by atoms with Crippen LogP contribution in [0.3, 0.4) is 0 Å². The van der Waals surface area contributed by atoms with E-state index in [0.717, 1.165) is 11.3 Å². The van der Waals surface area contributed by atoms with Gasteiger partial charge in [-0.05, 0) is 42.3 Å². The van der Waals surface area contributed by atoms with Gasteiger partial charge >= 0.3 is 5.97 Å². The predicted octanol–water partition coefficient (Wildman–Crippen LogP) is 2.17. The Morgan fingerprint density at radius 3 is 2.26 bits per heavy atom. The van der Waals surface area contributed by atoms with Crippen molar-refractivity contribution in [3.05, 3.63) is 59.2 Å². The lowest BCUT2D eigenvalue weighted by atomic mass is 10.1. The van der Waals surface area contributed by atoms with Crippen molar-refractivity contribution < 1.29 is 22.7 Å². The molecule has 1 N–H and O–H groups in total. The molecule has 1 amide bonds. The summed E-state index contributed by atoms with van der Waals surface area (Å²) >= 11 is 0. The number of anilines is 1. The monoisotopic (exact) mass is 447 g/mol. The van der Waals surface area contributed by atoms with Gasteiger partial charge in [0.2, 0.25) is 10.0 Å². The summed E-state index contributed by atoms with van der Waals surface area (Å²) in [7, 11) is 1.82. The van der Waals surface area contributed by atoms with E-state index >= 15 is 0 Å². The first-order valence-corrected chi connectivity index (χ1v) is 11.3. The zero-order chi connectivity index (χ0) is 23.2. The molecule has 8 nitrogen and oxygen atoms in total. The van der Waals surface area contributed by atoms with Crippen LogP contribution in [0.15, 0.2) is 47.4 Å². The molecule has 0 saturated carbocycles. The summed E-state index contributed by atoms with van der Waals surface area (Å²) in [5.41, 5.74) is 2.67. The second-order valence-corrected chi connectivity index (χ2v) is 9.13. The Hall–Kier alpha value is -2.91. The van der Waals surface area contributed by atoms with Gasteiger partial charge in [0.25, 0.3) is 5.91 Å². The lowest BCUT2D eigenvalue weighted by Gasteiger charge is -2.18. The van der Waals surface area contributed by atoms with E-state index in [1.165, 1.54) is 23.1 Å². The van der Waals surface area contributed by atoms with E-state index in [4.69, 9.17) is 4.74 Å². The maximum Gasteiger partial charge on any atom is 0.338 e. The number of nitrogens with one attached hydrogen (secondary N) is 1. The quantitative estimate of drug-likeness (QED) is 0.592. The highest BCUT2D eigenvalue weighted by atomic mass is 32.2. The Labute approximate surface area is 183 Å². The third-order valence-electron chi connectivity index (χ3n) is 4.70. The number of ether oxygens (including phenoxy) is 1. The maximum atomic E-state index is 12.5. The number of aryl methyl sites for hydroxylation is 1. The fourth-order valence-corrected chi connectivity index (χ4v) is 3.91. The van der Waals surface area contributed by atoms with E-state index in [2.05, 4.69) is 4.72 Å². The zero-order valence-electron chi connectivity index (χ0n) is 18.5. The summed E-state index contributed by atoms with van der Waals surface area (Å²) in [5, 5.41) is 0. The smallest absolute Gasteiger partial charge is 0.338 e. The fourth-order valence-electron chi connectivity index (χ4n) is 2.84. The number of rotatable bonds is 9. The lowest BCUT2D eigenvalue weighted by Crippen LogP contribution is -2.31. The minimum absolute atomic E-state index is 0.0310. The SMILES string of the molecule is CCNS(=O)(=O)c1ccc(C)c(C(=O)OCC(=O)N(C)Cc2ccc(N(C)C)cc2)c1. The van der Waals surface area contributed by atoms with E-state index in [-0.39, 0.29) is 22.9 Å². The van der Waals surface area contributed by atoms with Gasteiger partial charge < -0.3 is 14.5 Å². The van der Waals surface area contributed by atoms with Crippen LogP contribution in [0, 0.1) is 6.92 Å². The molecular weight excluding hydrogens is 418 g/mol. The van der Waals surface area contributed by atoms with Crippen LogP contribution in [0.1, 0.15) is 28.4 Å². The standard InChI is InChI=1S/C22H29N3O5S/c1-6-23-31(28,29)19-12-7-16(2)20(13-19)22(27)30-15-21(26)25(5)14-17-8-10-18(11-9-17)24(3)4/h7-13,23H,6,14-15H2,1-5H3. The molecule has 2 aromatic carbocycles. The average Bonchev–Trinajstić information content (AvgIpc) is 2.72. The lowest BCUT2D eigenvalue weighted by molar-refractivity contribution is -0.133. The Bertz CT molecular complexity index is 1030. The number of hydrogen-bond donors (Lipinski definition) is 1. The number of sulfonamides is 1. The number of esters is 1. The molecule has 0 saturated heterocycles. The molecule has 0 spiro atoms. The molecule has 168 valence electrons. The highest BCUT2D eigenvalue weighted by Gasteiger charge is 2.19. The van der Waals surface area contributed by atoms with Crippen molar-refractivity contribution in [2.75, 3.05) is 39.2 Å². The topological polar surface area (TPSA) is 96.0 Å². The molecule has 2 rings (SSSR count). The Morgan fingerprint density at radius 1 is 1.03 bits per heavy atom. The number of hydrogen-bond acceptors (Lipinski definition) is 6. The number of amides is 1. The summed E-state index contributed by atoms with van der Waals surface area (Å²) < 4.78 is 31.9. The van der Waals surface area contributed by atoms with Crippen LogP contribution in [-0.4, -0.2) is 59.5 Å². The highest BCUT2D eigenvalue weighted by Crippen LogP contribution is 2.17. The van der Waals surface area contributed by atoms with Crippen molar-refractivity contribution >= 4 is 27.6 Å². The number of benzene rings is 2. The molecule has 0 unspecified atom stereocenters. The molecule has 9 heteroatoms. The van der Waals surface area contributed by atoms with Crippen molar-refractivity contribution in [1.82, 2.24) is 9.62 Å². The molecule has 0 aromatic heterocycles. The third kappa shape index (κ3) is 6.53. The number of carbonyl (C=O) groups excluding carboxylic acids is 2. The minimum Gasteiger partial charge on any atom is -0.452 e. The molecule has 0 heterocycles. The second kappa shape index (κ2) is 10.4. The number of carbonyl (C=O) groups is 2. The van der Waals surface area contributed by atoms with Gasteiger partial charge in [-0.3, -0.25) is 4.79 Å². The van der Waals surface area contributed by atoms with Gasteiger partial charge in [-0.25, -0.2) is 17.9 Å². The Morgan fingerprint density at radius 2 is 1.68 bits per heavy atom. The summed E-state index contributed by atoms with van der Waals surface area (Å²) in [6, 6.07) is 12.0. The van der Waals surface area contributed by atoms with E-state index in [0.29, 0.717) is 12.1 Å². The molecule has 31 heavy (non-hydrogen) atoms. The van der Waals surface area contributed by atoms with Crippen molar-refractivity contribution in [1.29, 1.82) is 0 Å². The molecular formula is C22H29N3O5S. The van der Waals surface area contributed by atoms with Crippen LogP contribution in [-0.2, 0) is 26.1 Å². The third-order valence-corrected chi connectivity index (χ3v) is 6.24. The van der Waals surface area contributed by atoms with Gasteiger partial charge in [0.1, 0.15) is 0 Å². The Kier molecular flexibility index (Phi) is 8.18. The van der Waals surface area contributed by atoms with Gasteiger partial charge in [0.15, 0.2) is 6.61 Å². The minimum atomic E-state index is -3.71. The second-order valence-electron chi connectivity index (χ2n) is 7.36. The van der Waals surface area contributed by atoms with E-state index in [9.17, 15) is 18.0 Å². The normalized spacial score (nSPS) is 11.1. The van der Waals surface area contributed by atoms with Gasteiger partial charge in [0, 0.05) is 39.9 Å². The largest absolute Gasteiger partial charge is 0.452 e. The van der Waals surface area contributed by atoms with Gasteiger partial charge in [-0.1, -0.05) is 25.1 Å². The van der Waals surface area contributed by atoms with Gasteiger partial charge in [-0.2, -0.15) is 0 Å². The van der Waals surface area contributed by atoms with Crippen LogP contribution in [0.5, 0.6) is 0 Å². The molecule has 0 atom stereocenters. The van der Waals surface area contributed by atoms with E-state index in [1.54, 1.807) is 20.9 Å². The van der Waals surface area contributed by atoms with Gasteiger partial charge in [-0.15, -0.1) is 0 Å². The first-order valence-electron chi connectivity index (χ1n) is 9.82. The van der Waals surface area contributed by atoms with Crippen molar-refractivity contribution in [3.8, 4) is 0 Å². The van der Waals surface area contributed by atoms with E-state index in [1.807, 2.05) is 43.3 Å². The van der Waals surface area contributed by atoms with Crippen molar-refractivity contribution in [2.24, 2.45) is 0 Å². The summed E-state index contributed by atoms with van der Waals surface area (Å²) in [4.78, 5) is 28.3. The average molecular weight is 448 g/mol. The maximum absolute atomic E-state index is 12.5. The van der Waals surface area contributed by atoms with E-state index < -0.39 is 22.6 Å². The summed E-state index contributed by atoms with van der Waals surface area (Å²) in [6.07, 6.45) is 0. The Balaban J connectivity index is 2.00. The van der Waals surface area contributed by atoms with Crippen molar-refractivity contribution in [2.45, 2.75) is 25.3 Å². The zero-order valence-corrected chi connectivity index (χ0v) is 19.3. The fraction of sp³-hybridized carbons (Fsp3) is 0.364. The molecule has 0 aliphatic carbocycles. The summed E-state index contributed by atoms with van der Waals surface area (Å²) in [6.45, 7) is 3.51. The predicted molar refractivity (Wildman–Crippen MR) is 120 cm³/mol. The first kappa shape index (κ1) is 24.4. The van der Waals surface area contributed by atoms with Crippen LogP contribution in [0.4, 0.5) is 5.69 Å². The summed E-state index contributed by atoms with van der Waals surface area (Å²) in [5.74, 6) is -1.11. The highest BCUT2D eigenvalue weighted by molar-refractivity contribution is 7.89. The molecule has 0 aliphatic rings. The van der Waals surface area contributed by atoms with Crippen LogP contribution in [0.2, 0.25) is 0 Å². The van der Waals surface area contributed by atoms with Crippen LogP contribution >= 0.6 is 0 Å². The molecule has 0 bridgehead atoms. The van der Waals surface area contributed by atoms with Crippen molar-refractivity contribution in [3.63, 3.8) is 0 Å². The number of likely N-dealkylation sites (N-methyl/N-ethyl adjacent to an activating group) is 1. The first-order chi connectivity index (χ1) is 14.5. The van der Waals surface area contributed by atoms with Gasteiger partial charge in [0.05, 0.1) is 10.5 Å². The molecule has 0 fully saturated rings. The van der Waals surface area contributed by atoms with Crippen LogP contribution < -0.4 is 9.62 Å².